The van der Waals surface area contributed by atoms with Crippen LogP contribution in [0.3, 0.4) is 0 Å². The second-order valence-electron chi connectivity index (χ2n) is 6.35. The van der Waals surface area contributed by atoms with Gasteiger partial charge in [-0.1, -0.05) is 12.1 Å². The first-order valence-corrected chi connectivity index (χ1v) is 8.10. The Hall–Kier alpha value is -3.42. The minimum Gasteiger partial charge on any atom is -0.497 e. The SMILES string of the molecule is COc1cccc(C(C)(CC(=O)O)NC(=O)c2ccc([N+](=O)[O-])cc2C)c1. The van der Waals surface area contributed by atoms with Gasteiger partial charge in [0.05, 0.1) is 24.0 Å². The van der Waals surface area contributed by atoms with Crippen molar-refractivity contribution in [2.45, 2.75) is 25.8 Å². The molecule has 0 aliphatic carbocycles. The van der Waals surface area contributed by atoms with Crippen molar-refractivity contribution in [2.24, 2.45) is 0 Å². The predicted octanol–water partition coefficient (Wildman–Crippen LogP) is 3.03. The lowest BCUT2D eigenvalue weighted by Gasteiger charge is -2.30. The first kappa shape index (κ1) is 19.9. The number of methoxy groups -OCH3 is 1. The number of benzene rings is 2. The number of nitro groups is 1. The summed E-state index contributed by atoms with van der Waals surface area (Å²) < 4.78 is 5.18. The Kier molecular flexibility index (Phi) is 5.79. The highest BCUT2D eigenvalue weighted by molar-refractivity contribution is 5.96. The fraction of sp³-hybridized carbons (Fsp3) is 0.263. The lowest BCUT2D eigenvalue weighted by Crippen LogP contribution is -2.45. The number of carbonyl (C=O) groups excluding carboxylic acids is 1. The first-order valence-electron chi connectivity index (χ1n) is 8.10. The Morgan fingerprint density at radius 1 is 1.26 bits per heavy atom. The number of rotatable bonds is 7. The maximum absolute atomic E-state index is 12.8. The van der Waals surface area contributed by atoms with Crippen LogP contribution in [0.4, 0.5) is 5.69 Å². The van der Waals surface area contributed by atoms with E-state index in [1.807, 2.05) is 0 Å². The summed E-state index contributed by atoms with van der Waals surface area (Å²) >= 11 is 0. The molecule has 142 valence electrons. The van der Waals surface area contributed by atoms with Gasteiger partial charge < -0.3 is 15.2 Å². The quantitative estimate of drug-likeness (QED) is 0.569. The van der Waals surface area contributed by atoms with E-state index in [0.717, 1.165) is 0 Å². The number of nitro benzene ring substituents is 1. The van der Waals surface area contributed by atoms with Gasteiger partial charge in [0.25, 0.3) is 11.6 Å². The van der Waals surface area contributed by atoms with Crippen LogP contribution in [0.1, 0.15) is 34.8 Å². The standard InChI is InChI=1S/C19H20N2O6/c1-12-9-14(21(25)26)7-8-16(12)18(24)20-19(2,11-17(22)23)13-5-4-6-15(10-13)27-3/h4-10H,11H2,1-3H3,(H,20,24)(H,22,23). The molecule has 0 radical (unpaired) electrons. The van der Waals surface area contributed by atoms with Crippen molar-refractivity contribution in [1.29, 1.82) is 0 Å². The number of nitrogens with zero attached hydrogens (tertiary/aromatic N) is 1. The Bertz CT molecular complexity index is 896. The number of aryl methyl sites for hydroxylation is 1. The molecule has 0 fully saturated rings. The number of ether oxygens (including phenoxy) is 1. The molecule has 0 bridgehead atoms. The van der Waals surface area contributed by atoms with Gasteiger partial charge in [0.15, 0.2) is 0 Å². The highest BCUT2D eigenvalue weighted by Gasteiger charge is 2.32. The molecule has 0 aliphatic heterocycles. The molecule has 1 amide bonds. The number of nitrogens with one attached hydrogen (secondary N) is 1. The zero-order chi connectivity index (χ0) is 20.2. The molecule has 0 spiro atoms. The summed E-state index contributed by atoms with van der Waals surface area (Å²) in [5.74, 6) is -1.07. The number of carbonyl (C=O) groups is 2. The van der Waals surface area contributed by atoms with E-state index >= 15 is 0 Å². The normalized spacial score (nSPS) is 12.7. The van der Waals surface area contributed by atoms with E-state index in [4.69, 9.17) is 4.74 Å². The van der Waals surface area contributed by atoms with Crippen molar-refractivity contribution in [3.05, 3.63) is 69.3 Å². The van der Waals surface area contributed by atoms with Crippen molar-refractivity contribution in [1.82, 2.24) is 5.32 Å². The molecule has 2 aromatic carbocycles. The molecule has 0 saturated heterocycles. The smallest absolute Gasteiger partial charge is 0.306 e. The minimum atomic E-state index is -1.20. The molecule has 8 heteroatoms. The molecule has 1 unspecified atom stereocenters. The van der Waals surface area contributed by atoms with Gasteiger partial charge in [0.1, 0.15) is 5.75 Å². The Morgan fingerprint density at radius 3 is 2.52 bits per heavy atom. The summed E-state index contributed by atoms with van der Waals surface area (Å²) in [6.45, 7) is 3.19. The lowest BCUT2D eigenvalue weighted by atomic mass is 9.87. The van der Waals surface area contributed by atoms with Crippen LogP contribution < -0.4 is 10.1 Å². The number of hydrogen-bond donors (Lipinski definition) is 2. The second-order valence-corrected chi connectivity index (χ2v) is 6.35. The third kappa shape index (κ3) is 4.60. The third-order valence-corrected chi connectivity index (χ3v) is 4.27. The average molecular weight is 372 g/mol. The predicted molar refractivity (Wildman–Crippen MR) is 97.9 cm³/mol. The maximum Gasteiger partial charge on any atom is 0.306 e. The Morgan fingerprint density at radius 2 is 1.96 bits per heavy atom. The van der Waals surface area contributed by atoms with Crippen LogP contribution in [0.5, 0.6) is 5.75 Å². The zero-order valence-electron chi connectivity index (χ0n) is 15.2. The number of carboxylic acids is 1. The molecular formula is C19H20N2O6. The molecule has 2 aromatic rings. The number of non-ortho nitro benzene ring substituents is 1. The van der Waals surface area contributed by atoms with Gasteiger partial charge in [-0.3, -0.25) is 19.7 Å². The van der Waals surface area contributed by atoms with Crippen molar-refractivity contribution in [2.75, 3.05) is 7.11 Å². The van der Waals surface area contributed by atoms with Gasteiger partial charge in [-0.2, -0.15) is 0 Å². The molecular weight excluding hydrogens is 352 g/mol. The van der Waals surface area contributed by atoms with Gasteiger partial charge in [0.2, 0.25) is 0 Å². The highest BCUT2D eigenvalue weighted by atomic mass is 16.6. The van der Waals surface area contributed by atoms with Gasteiger partial charge in [-0.15, -0.1) is 0 Å². The Balaban J connectivity index is 2.39. The largest absolute Gasteiger partial charge is 0.497 e. The number of aliphatic carboxylic acids is 1. The second kappa shape index (κ2) is 7.86. The summed E-state index contributed by atoms with van der Waals surface area (Å²) in [5.41, 5.74) is -0.0986. The summed E-state index contributed by atoms with van der Waals surface area (Å²) in [6.07, 6.45) is -0.349. The molecule has 2 N–H and O–H groups in total. The van der Waals surface area contributed by atoms with Crippen LogP contribution in [-0.4, -0.2) is 29.0 Å². The van der Waals surface area contributed by atoms with E-state index in [9.17, 15) is 24.8 Å². The fourth-order valence-electron chi connectivity index (χ4n) is 2.82. The van der Waals surface area contributed by atoms with E-state index in [0.29, 0.717) is 16.9 Å². The van der Waals surface area contributed by atoms with Gasteiger partial charge >= 0.3 is 5.97 Å². The lowest BCUT2D eigenvalue weighted by molar-refractivity contribution is -0.384. The summed E-state index contributed by atoms with van der Waals surface area (Å²) in [4.78, 5) is 34.5. The van der Waals surface area contributed by atoms with E-state index < -0.39 is 22.3 Å². The van der Waals surface area contributed by atoms with Crippen molar-refractivity contribution in [3.63, 3.8) is 0 Å². The first-order chi connectivity index (χ1) is 12.7. The van der Waals surface area contributed by atoms with Crippen LogP contribution in [0.25, 0.3) is 0 Å². The molecule has 0 aliphatic rings. The fourth-order valence-corrected chi connectivity index (χ4v) is 2.82. The van der Waals surface area contributed by atoms with Crippen molar-refractivity contribution >= 4 is 17.6 Å². The Labute approximate surface area is 155 Å². The summed E-state index contributed by atoms with van der Waals surface area (Å²) in [7, 11) is 1.49. The maximum atomic E-state index is 12.8. The van der Waals surface area contributed by atoms with Crippen LogP contribution in [0.15, 0.2) is 42.5 Å². The van der Waals surface area contributed by atoms with Crippen molar-refractivity contribution in [3.8, 4) is 5.75 Å². The number of amides is 1. The molecule has 1 atom stereocenters. The molecule has 2 rings (SSSR count). The van der Waals surface area contributed by atoms with Crippen LogP contribution >= 0.6 is 0 Å². The number of carboxylic acid groups (broad SMARTS) is 1. The zero-order valence-corrected chi connectivity index (χ0v) is 15.2. The molecule has 8 nitrogen and oxygen atoms in total. The monoisotopic (exact) mass is 372 g/mol. The molecule has 0 aromatic heterocycles. The molecule has 0 heterocycles. The van der Waals surface area contributed by atoms with Crippen LogP contribution in [0, 0.1) is 17.0 Å². The van der Waals surface area contributed by atoms with Gasteiger partial charge in [-0.05, 0) is 43.2 Å². The van der Waals surface area contributed by atoms with Crippen LogP contribution in [0.2, 0.25) is 0 Å². The third-order valence-electron chi connectivity index (χ3n) is 4.27. The average Bonchev–Trinajstić information content (AvgIpc) is 2.60. The van der Waals surface area contributed by atoms with Crippen LogP contribution in [-0.2, 0) is 10.3 Å². The van der Waals surface area contributed by atoms with E-state index in [2.05, 4.69) is 5.32 Å². The van der Waals surface area contributed by atoms with E-state index in [-0.39, 0.29) is 17.7 Å². The summed E-state index contributed by atoms with van der Waals surface area (Å²) in [5, 5.41) is 22.9. The highest BCUT2D eigenvalue weighted by Crippen LogP contribution is 2.29. The topological polar surface area (TPSA) is 119 Å². The minimum absolute atomic E-state index is 0.120. The summed E-state index contributed by atoms with van der Waals surface area (Å²) in [6, 6.07) is 10.7. The van der Waals surface area contributed by atoms with Gasteiger partial charge in [-0.25, -0.2) is 0 Å². The van der Waals surface area contributed by atoms with E-state index in [1.54, 1.807) is 38.1 Å². The number of hydrogen-bond acceptors (Lipinski definition) is 5. The van der Waals surface area contributed by atoms with E-state index in [1.165, 1.54) is 25.3 Å². The van der Waals surface area contributed by atoms with Crippen molar-refractivity contribution < 1.29 is 24.4 Å². The van der Waals surface area contributed by atoms with Gasteiger partial charge in [0, 0.05) is 17.7 Å². The molecule has 27 heavy (non-hydrogen) atoms. The molecule has 0 saturated carbocycles.